The van der Waals surface area contributed by atoms with Crippen LogP contribution in [0.15, 0.2) is 31.0 Å². The van der Waals surface area contributed by atoms with E-state index in [1.807, 2.05) is 18.2 Å². The molecule has 0 spiro atoms. The Bertz CT molecular complexity index is 368. The fourth-order valence-electron chi connectivity index (χ4n) is 2.53. The molecule has 1 aliphatic rings. The van der Waals surface area contributed by atoms with Gasteiger partial charge in [-0.1, -0.05) is 6.08 Å². The van der Waals surface area contributed by atoms with Crippen LogP contribution in [-0.4, -0.2) is 35.0 Å². The zero-order valence-corrected chi connectivity index (χ0v) is 10.0. The molecule has 1 aliphatic heterocycles. The topological polar surface area (TPSA) is 49.2 Å². The highest BCUT2D eigenvalue weighted by atomic mass is 16.3. The number of anilines is 1. The van der Waals surface area contributed by atoms with Crippen LogP contribution < -0.4 is 4.90 Å². The van der Waals surface area contributed by atoms with E-state index in [0.717, 1.165) is 38.2 Å². The smallest absolute Gasteiger partial charge is 0.151 e. The summed E-state index contributed by atoms with van der Waals surface area (Å²) in [5.74, 6) is 0.897. The molecule has 1 atom stereocenters. The van der Waals surface area contributed by atoms with Crippen molar-refractivity contribution in [3.8, 4) is 0 Å². The molecule has 1 N–H and O–H groups in total. The van der Waals surface area contributed by atoms with Gasteiger partial charge in [0.15, 0.2) is 5.82 Å². The maximum absolute atomic E-state index is 9.63. The molecule has 0 saturated carbocycles. The van der Waals surface area contributed by atoms with Gasteiger partial charge in [0.25, 0.3) is 0 Å². The van der Waals surface area contributed by atoms with Crippen LogP contribution >= 0.6 is 0 Å². The van der Waals surface area contributed by atoms with Crippen LogP contribution in [0.2, 0.25) is 0 Å². The highest BCUT2D eigenvalue weighted by Gasteiger charge is 2.34. The molecule has 0 amide bonds. The minimum atomic E-state index is -0.0580. The number of nitrogens with zero attached hydrogens (tertiary/aromatic N) is 3. The average molecular weight is 233 g/mol. The number of allylic oxidation sites excluding steroid dienone is 1. The number of piperidine rings is 1. The number of hydrogen-bond donors (Lipinski definition) is 1. The maximum Gasteiger partial charge on any atom is 0.151 e. The molecule has 4 nitrogen and oxygen atoms in total. The second-order valence-electron chi connectivity index (χ2n) is 4.76. The number of aliphatic hydroxyl groups excluding tert-OH is 1. The lowest BCUT2D eigenvalue weighted by atomic mass is 9.78. The summed E-state index contributed by atoms with van der Waals surface area (Å²) in [6, 6.07) is 3.86. The van der Waals surface area contributed by atoms with E-state index >= 15 is 0 Å². The Kier molecular flexibility index (Phi) is 3.74. The summed E-state index contributed by atoms with van der Waals surface area (Å²) < 4.78 is 0. The lowest BCUT2D eigenvalue weighted by Gasteiger charge is -2.41. The normalized spacial score (nSPS) is 24.6. The van der Waals surface area contributed by atoms with Gasteiger partial charge in [0.05, 0.1) is 6.61 Å². The van der Waals surface area contributed by atoms with Gasteiger partial charge < -0.3 is 10.0 Å². The number of aliphatic hydroxyl groups is 1. The fraction of sp³-hybridized carbons (Fsp3) is 0.538. The largest absolute Gasteiger partial charge is 0.396 e. The molecule has 0 radical (unpaired) electrons. The Morgan fingerprint density at radius 3 is 3.12 bits per heavy atom. The van der Waals surface area contributed by atoms with Gasteiger partial charge in [0, 0.05) is 24.7 Å². The van der Waals surface area contributed by atoms with Gasteiger partial charge in [0.1, 0.15) is 0 Å². The predicted molar refractivity (Wildman–Crippen MR) is 67.8 cm³/mol. The van der Waals surface area contributed by atoms with Crippen molar-refractivity contribution in [1.29, 1.82) is 0 Å². The second kappa shape index (κ2) is 5.27. The zero-order valence-electron chi connectivity index (χ0n) is 10.0. The summed E-state index contributed by atoms with van der Waals surface area (Å²) in [7, 11) is 0. The van der Waals surface area contributed by atoms with Crippen LogP contribution in [0, 0.1) is 5.41 Å². The molecule has 1 fully saturated rings. The van der Waals surface area contributed by atoms with Crippen molar-refractivity contribution < 1.29 is 5.11 Å². The monoisotopic (exact) mass is 233 g/mol. The lowest BCUT2D eigenvalue weighted by molar-refractivity contribution is 0.108. The van der Waals surface area contributed by atoms with Crippen molar-refractivity contribution in [2.45, 2.75) is 19.3 Å². The summed E-state index contributed by atoms with van der Waals surface area (Å²) in [5, 5.41) is 17.7. The standard InChI is InChI=1S/C13H19N3O/c1-2-6-13(11-17)7-4-9-16(10-13)12-5-3-8-14-15-12/h2-3,5,8,17H,1,4,6-7,9-11H2. The van der Waals surface area contributed by atoms with Crippen LogP contribution in [0.3, 0.4) is 0 Å². The molecular weight excluding hydrogens is 214 g/mol. The molecule has 92 valence electrons. The van der Waals surface area contributed by atoms with E-state index < -0.39 is 0 Å². The molecule has 0 aromatic carbocycles. The summed E-state index contributed by atoms with van der Waals surface area (Å²) in [6.45, 7) is 5.80. The third kappa shape index (κ3) is 2.64. The number of rotatable bonds is 4. The van der Waals surface area contributed by atoms with Gasteiger partial charge >= 0.3 is 0 Å². The SMILES string of the molecule is C=CCC1(CO)CCCN(c2cccnn2)C1. The van der Waals surface area contributed by atoms with E-state index in [9.17, 15) is 5.11 Å². The van der Waals surface area contributed by atoms with Gasteiger partial charge in [-0.25, -0.2) is 0 Å². The summed E-state index contributed by atoms with van der Waals surface area (Å²) >= 11 is 0. The van der Waals surface area contributed by atoms with E-state index in [4.69, 9.17) is 0 Å². The molecule has 1 saturated heterocycles. The van der Waals surface area contributed by atoms with Crippen molar-refractivity contribution in [1.82, 2.24) is 10.2 Å². The van der Waals surface area contributed by atoms with E-state index in [1.54, 1.807) is 6.20 Å². The third-order valence-electron chi connectivity index (χ3n) is 3.46. The number of aromatic nitrogens is 2. The van der Waals surface area contributed by atoms with E-state index in [-0.39, 0.29) is 12.0 Å². The van der Waals surface area contributed by atoms with Gasteiger partial charge in [-0.2, -0.15) is 5.10 Å². The first-order chi connectivity index (χ1) is 8.29. The van der Waals surface area contributed by atoms with Gasteiger partial charge in [-0.3, -0.25) is 0 Å². The molecule has 0 aliphatic carbocycles. The second-order valence-corrected chi connectivity index (χ2v) is 4.76. The molecule has 0 bridgehead atoms. The molecule has 1 aromatic rings. The Morgan fingerprint density at radius 1 is 1.59 bits per heavy atom. The highest BCUT2D eigenvalue weighted by Crippen LogP contribution is 2.34. The van der Waals surface area contributed by atoms with Crippen LogP contribution in [0.1, 0.15) is 19.3 Å². The molecular formula is C13H19N3O. The van der Waals surface area contributed by atoms with Crippen LogP contribution in [0.5, 0.6) is 0 Å². The highest BCUT2D eigenvalue weighted by molar-refractivity contribution is 5.37. The molecule has 1 aromatic heterocycles. The Balaban J connectivity index is 2.13. The Hall–Kier alpha value is -1.42. The Morgan fingerprint density at radius 2 is 2.47 bits per heavy atom. The summed E-state index contributed by atoms with van der Waals surface area (Å²) in [5.41, 5.74) is -0.0580. The van der Waals surface area contributed by atoms with Crippen molar-refractivity contribution in [3.63, 3.8) is 0 Å². The third-order valence-corrected chi connectivity index (χ3v) is 3.46. The first-order valence-corrected chi connectivity index (χ1v) is 6.04. The van der Waals surface area contributed by atoms with Crippen LogP contribution in [-0.2, 0) is 0 Å². The van der Waals surface area contributed by atoms with Crippen LogP contribution in [0.4, 0.5) is 5.82 Å². The van der Waals surface area contributed by atoms with E-state index in [1.165, 1.54) is 0 Å². The quantitative estimate of drug-likeness (QED) is 0.803. The predicted octanol–water partition coefficient (Wildman–Crippen LogP) is 1.63. The molecule has 17 heavy (non-hydrogen) atoms. The van der Waals surface area contributed by atoms with Gasteiger partial charge in [-0.05, 0) is 31.4 Å². The van der Waals surface area contributed by atoms with Gasteiger partial charge in [-0.15, -0.1) is 11.7 Å². The summed E-state index contributed by atoms with van der Waals surface area (Å²) in [6.07, 6.45) is 6.55. The average Bonchev–Trinajstić information content (AvgIpc) is 2.40. The van der Waals surface area contributed by atoms with Crippen molar-refractivity contribution in [3.05, 3.63) is 31.0 Å². The Labute approximate surface area is 102 Å². The van der Waals surface area contributed by atoms with Crippen molar-refractivity contribution in [2.24, 2.45) is 5.41 Å². The van der Waals surface area contributed by atoms with Gasteiger partial charge in [0.2, 0.25) is 0 Å². The summed E-state index contributed by atoms with van der Waals surface area (Å²) in [4.78, 5) is 2.20. The lowest BCUT2D eigenvalue weighted by Crippen LogP contribution is -2.45. The van der Waals surface area contributed by atoms with E-state index in [2.05, 4.69) is 21.7 Å². The molecule has 2 heterocycles. The minimum absolute atomic E-state index is 0.0580. The minimum Gasteiger partial charge on any atom is -0.396 e. The first kappa shape index (κ1) is 12.0. The number of hydrogen-bond acceptors (Lipinski definition) is 4. The fourth-order valence-corrected chi connectivity index (χ4v) is 2.53. The van der Waals surface area contributed by atoms with Crippen molar-refractivity contribution >= 4 is 5.82 Å². The molecule has 4 heteroatoms. The van der Waals surface area contributed by atoms with E-state index in [0.29, 0.717) is 0 Å². The van der Waals surface area contributed by atoms with Crippen LogP contribution in [0.25, 0.3) is 0 Å². The zero-order chi connectivity index (χ0) is 12.1. The maximum atomic E-state index is 9.63. The van der Waals surface area contributed by atoms with Crippen molar-refractivity contribution in [2.75, 3.05) is 24.6 Å². The first-order valence-electron chi connectivity index (χ1n) is 6.04. The molecule has 1 unspecified atom stereocenters. The molecule has 2 rings (SSSR count).